The van der Waals surface area contributed by atoms with Gasteiger partial charge in [-0.3, -0.25) is 4.79 Å². The fraction of sp³-hybridized carbons (Fsp3) is 0.500. The summed E-state index contributed by atoms with van der Waals surface area (Å²) in [5.74, 6) is -1.73. The SMILES string of the molecule is O=C(O)/C=C/C(=O)N1C[C@@H](O)[C@@H](O)C1. The van der Waals surface area contributed by atoms with Crippen LogP contribution in [0.3, 0.4) is 0 Å². The lowest BCUT2D eigenvalue weighted by atomic mass is 10.3. The number of carboxylic acid groups (broad SMARTS) is 1. The number of aliphatic hydroxyl groups excluding tert-OH is 2. The second-order valence-corrected chi connectivity index (χ2v) is 3.05. The first-order valence-electron chi connectivity index (χ1n) is 4.06. The van der Waals surface area contributed by atoms with E-state index in [2.05, 4.69) is 0 Å². The third-order valence-electron chi connectivity index (χ3n) is 1.94. The van der Waals surface area contributed by atoms with E-state index in [4.69, 9.17) is 15.3 Å². The monoisotopic (exact) mass is 201 g/mol. The molecule has 0 aliphatic carbocycles. The summed E-state index contributed by atoms with van der Waals surface area (Å²) in [6.45, 7) is 0.0634. The molecule has 0 radical (unpaired) electrons. The number of nitrogens with zero attached hydrogens (tertiary/aromatic N) is 1. The summed E-state index contributed by atoms with van der Waals surface area (Å²) in [6.07, 6.45) is -0.277. The van der Waals surface area contributed by atoms with Crippen LogP contribution in [0.5, 0.6) is 0 Å². The van der Waals surface area contributed by atoms with Crippen molar-refractivity contribution < 1.29 is 24.9 Å². The molecule has 0 unspecified atom stereocenters. The quantitative estimate of drug-likeness (QED) is 0.457. The highest BCUT2D eigenvalue weighted by Crippen LogP contribution is 2.10. The third-order valence-corrected chi connectivity index (χ3v) is 1.94. The lowest BCUT2D eigenvalue weighted by molar-refractivity contribution is -0.132. The predicted molar refractivity (Wildman–Crippen MR) is 45.4 cm³/mol. The minimum Gasteiger partial charge on any atom is -0.478 e. The highest BCUT2D eigenvalue weighted by atomic mass is 16.4. The Morgan fingerprint density at radius 3 is 2.07 bits per heavy atom. The molecule has 0 saturated carbocycles. The van der Waals surface area contributed by atoms with Gasteiger partial charge in [0.25, 0.3) is 0 Å². The van der Waals surface area contributed by atoms with E-state index in [1.165, 1.54) is 4.90 Å². The van der Waals surface area contributed by atoms with E-state index in [1.807, 2.05) is 0 Å². The molecule has 78 valence electrons. The van der Waals surface area contributed by atoms with Crippen LogP contribution in [-0.4, -0.2) is 57.4 Å². The predicted octanol–water partition coefficient (Wildman–Crippen LogP) is -1.81. The van der Waals surface area contributed by atoms with E-state index in [1.54, 1.807) is 0 Å². The summed E-state index contributed by atoms with van der Waals surface area (Å²) in [6, 6.07) is 0. The number of hydrogen-bond acceptors (Lipinski definition) is 4. The molecule has 0 bridgehead atoms. The third kappa shape index (κ3) is 2.54. The molecule has 6 heteroatoms. The van der Waals surface area contributed by atoms with Gasteiger partial charge in [0.2, 0.25) is 5.91 Å². The number of rotatable bonds is 2. The van der Waals surface area contributed by atoms with Gasteiger partial charge in [-0.25, -0.2) is 4.79 Å². The van der Waals surface area contributed by atoms with Gasteiger partial charge in [-0.2, -0.15) is 0 Å². The van der Waals surface area contributed by atoms with Crippen molar-refractivity contribution in [2.75, 3.05) is 13.1 Å². The highest BCUT2D eigenvalue weighted by molar-refractivity contribution is 5.94. The van der Waals surface area contributed by atoms with Crippen LogP contribution in [0.1, 0.15) is 0 Å². The number of likely N-dealkylation sites (tertiary alicyclic amines) is 1. The van der Waals surface area contributed by atoms with Crippen LogP contribution in [0.25, 0.3) is 0 Å². The molecule has 2 atom stereocenters. The van der Waals surface area contributed by atoms with Crippen molar-refractivity contribution in [2.24, 2.45) is 0 Å². The number of amides is 1. The number of carbonyl (C=O) groups is 2. The number of carboxylic acids is 1. The van der Waals surface area contributed by atoms with E-state index in [0.29, 0.717) is 0 Å². The van der Waals surface area contributed by atoms with Gasteiger partial charge in [-0.15, -0.1) is 0 Å². The molecule has 0 aromatic carbocycles. The summed E-state index contributed by atoms with van der Waals surface area (Å²) in [4.78, 5) is 22.5. The first-order chi connectivity index (χ1) is 6.50. The van der Waals surface area contributed by atoms with Crippen molar-refractivity contribution in [3.63, 3.8) is 0 Å². The largest absolute Gasteiger partial charge is 0.478 e. The van der Waals surface area contributed by atoms with Crippen LogP contribution in [0.4, 0.5) is 0 Å². The fourth-order valence-corrected chi connectivity index (χ4v) is 1.20. The van der Waals surface area contributed by atoms with Crippen LogP contribution in [0, 0.1) is 0 Å². The van der Waals surface area contributed by atoms with Gasteiger partial charge in [-0.1, -0.05) is 0 Å². The Bertz CT molecular complexity index is 265. The van der Waals surface area contributed by atoms with E-state index in [-0.39, 0.29) is 13.1 Å². The average Bonchev–Trinajstić information content (AvgIpc) is 2.43. The van der Waals surface area contributed by atoms with E-state index < -0.39 is 24.1 Å². The highest BCUT2D eigenvalue weighted by Gasteiger charge is 2.31. The second-order valence-electron chi connectivity index (χ2n) is 3.05. The summed E-state index contributed by atoms with van der Waals surface area (Å²) in [5.41, 5.74) is 0. The van der Waals surface area contributed by atoms with Crippen LogP contribution in [0.15, 0.2) is 12.2 Å². The zero-order chi connectivity index (χ0) is 10.7. The van der Waals surface area contributed by atoms with Crippen molar-refractivity contribution in [3.05, 3.63) is 12.2 Å². The van der Waals surface area contributed by atoms with Crippen LogP contribution >= 0.6 is 0 Å². The van der Waals surface area contributed by atoms with Crippen molar-refractivity contribution in [2.45, 2.75) is 12.2 Å². The van der Waals surface area contributed by atoms with Gasteiger partial charge in [0.05, 0.1) is 12.2 Å². The number of hydrogen-bond donors (Lipinski definition) is 3. The van der Waals surface area contributed by atoms with Gasteiger partial charge >= 0.3 is 5.97 Å². The smallest absolute Gasteiger partial charge is 0.328 e. The molecular formula is C8H11NO5. The first kappa shape index (κ1) is 10.7. The van der Waals surface area contributed by atoms with Crippen molar-refractivity contribution >= 4 is 11.9 Å². The molecule has 1 heterocycles. The standard InChI is InChI=1S/C8H11NO5/c10-5-3-9(4-6(5)11)7(12)1-2-8(13)14/h1-2,5-6,10-11H,3-4H2,(H,13,14)/b2-1+/t5-,6+. The Hall–Kier alpha value is -1.40. The van der Waals surface area contributed by atoms with Gasteiger partial charge in [0.15, 0.2) is 0 Å². The maximum Gasteiger partial charge on any atom is 0.328 e. The Morgan fingerprint density at radius 1 is 1.14 bits per heavy atom. The lowest BCUT2D eigenvalue weighted by Crippen LogP contribution is -2.28. The zero-order valence-corrected chi connectivity index (χ0v) is 7.33. The molecule has 0 aromatic heterocycles. The van der Waals surface area contributed by atoms with E-state index >= 15 is 0 Å². The number of β-amino-alcohol motifs (C(OH)–C–C–N with tert-alkyl or cyclic N) is 2. The molecule has 6 nitrogen and oxygen atoms in total. The van der Waals surface area contributed by atoms with Crippen molar-refractivity contribution in [3.8, 4) is 0 Å². The topological polar surface area (TPSA) is 98.1 Å². The molecule has 1 rings (SSSR count). The molecule has 1 fully saturated rings. The lowest BCUT2D eigenvalue weighted by Gasteiger charge is -2.11. The van der Waals surface area contributed by atoms with Crippen LogP contribution < -0.4 is 0 Å². The molecule has 1 aliphatic heterocycles. The maximum atomic E-state index is 11.2. The number of carbonyl (C=O) groups excluding carboxylic acids is 1. The summed E-state index contributed by atoms with van der Waals surface area (Å²) < 4.78 is 0. The van der Waals surface area contributed by atoms with Crippen molar-refractivity contribution in [1.29, 1.82) is 0 Å². The molecule has 1 aliphatic rings. The van der Waals surface area contributed by atoms with Gasteiger partial charge in [-0.05, 0) is 0 Å². The second kappa shape index (κ2) is 4.21. The Balaban J connectivity index is 2.51. The van der Waals surface area contributed by atoms with Crippen molar-refractivity contribution in [1.82, 2.24) is 4.90 Å². The number of aliphatic carboxylic acids is 1. The fourth-order valence-electron chi connectivity index (χ4n) is 1.20. The summed E-state index contributed by atoms with van der Waals surface area (Å²) in [5, 5.41) is 26.5. The molecule has 1 saturated heterocycles. The van der Waals surface area contributed by atoms with Crippen LogP contribution in [0.2, 0.25) is 0 Å². The Labute approximate surface area is 80.1 Å². The Kier molecular flexibility index (Phi) is 3.21. The first-order valence-corrected chi connectivity index (χ1v) is 4.06. The molecule has 3 N–H and O–H groups in total. The summed E-state index contributed by atoms with van der Waals surface area (Å²) in [7, 11) is 0. The average molecular weight is 201 g/mol. The van der Waals surface area contributed by atoms with E-state index in [9.17, 15) is 9.59 Å². The minimum atomic E-state index is -1.21. The molecule has 1 amide bonds. The summed E-state index contributed by atoms with van der Waals surface area (Å²) >= 11 is 0. The van der Waals surface area contributed by atoms with Gasteiger partial charge in [0.1, 0.15) is 0 Å². The van der Waals surface area contributed by atoms with Gasteiger partial charge in [0, 0.05) is 25.2 Å². The van der Waals surface area contributed by atoms with Gasteiger partial charge < -0.3 is 20.2 Å². The van der Waals surface area contributed by atoms with E-state index in [0.717, 1.165) is 12.2 Å². The minimum absolute atomic E-state index is 0.0317. The van der Waals surface area contributed by atoms with Crippen LogP contribution in [-0.2, 0) is 9.59 Å². The molecule has 0 aromatic rings. The molecular weight excluding hydrogens is 190 g/mol. The Morgan fingerprint density at radius 2 is 1.64 bits per heavy atom. The molecule has 14 heavy (non-hydrogen) atoms. The zero-order valence-electron chi connectivity index (χ0n) is 7.33. The maximum absolute atomic E-state index is 11.2. The normalized spacial score (nSPS) is 27.1. The number of aliphatic hydroxyl groups is 2. The molecule has 0 spiro atoms.